The Balaban J connectivity index is 2.56. The Morgan fingerprint density at radius 1 is 0.842 bits per heavy atom. The molecule has 0 aromatic rings. The molecule has 8 nitrogen and oxygen atoms in total. The van der Waals surface area contributed by atoms with Crippen LogP contribution < -0.4 is 22.9 Å². The highest BCUT2D eigenvalue weighted by Gasteiger charge is 2.26. The fraction of sp³-hybridized carbons (Fsp3) is 0.818. The van der Waals surface area contributed by atoms with Gasteiger partial charge in [-0.3, -0.25) is 9.59 Å². The van der Waals surface area contributed by atoms with Gasteiger partial charge in [0.25, 0.3) is 0 Å². The highest BCUT2D eigenvalue weighted by atomic mass is 16.2. The fourth-order valence-corrected chi connectivity index (χ4v) is 2.03. The number of nitrogens with two attached hydrogens (primary N) is 4. The van der Waals surface area contributed by atoms with Gasteiger partial charge < -0.3 is 32.7 Å². The molecule has 8 heteroatoms. The zero-order valence-corrected chi connectivity index (χ0v) is 11.1. The van der Waals surface area contributed by atoms with Crippen LogP contribution >= 0.6 is 0 Å². The number of carbonyl (C=O) groups is 2. The topological polar surface area (TPSA) is 145 Å². The molecule has 1 aliphatic heterocycles. The molecule has 0 aromatic carbocycles. The fourth-order valence-electron chi connectivity index (χ4n) is 2.03. The van der Waals surface area contributed by atoms with Crippen LogP contribution in [0.1, 0.15) is 6.42 Å². The summed E-state index contributed by atoms with van der Waals surface area (Å²) in [5, 5.41) is 0. The van der Waals surface area contributed by atoms with Gasteiger partial charge in [0, 0.05) is 39.3 Å². The van der Waals surface area contributed by atoms with Crippen LogP contribution in [0.25, 0.3) is 0 Å². The summed E-state index contributed by atoms with van der Waals surface area (Å²) in [4.78, 5) is 27.1. The minimum Gasteiger partial charge on any atom is -0.339 e. The van der Waals surface area contributed by atoms with Crippen LogP contribution in [-0.2, 0) is 9.59 Å². The van der Waals surface area contributed by atoms with E-state index in [2.05, 4.69) is 0 Å². The van der Waals surface area contributed by atoms with Crippen LogP contribution in [0.4, 0.5) is 0 Å². The van der Waals surface area contributed by atoms with Gasteiger partial charge in [-0.2, -0.15) is 0 Å². The molecule has 1 rings (SSSR count). The molecule has 0 unspecified atom stereocenters. The van der Waals surface area contributed by atoms with E-state index in [9.17, 15) is 9.59 Å². The monoisotopic (exact) mass is 272 g/mol. The maximum absolute atomic E-state index is 11.9. The lowest BCUT2D eigenvalue weighted by molar-refractivity contribution is -0.134. The van der Waals surface area contributed by atoms with Crippen molar-refractivity contribution in [2.45, 2.75) is 18.5 Å². The van der Waals surface area contributed by atoms with Crippen molar-refractivity contribution in [2.75, 3.05) is 39.3 Å². The molecule has 8 N–H and O–H groups in total. The molecule has 1 saturated heterocycles. The SMILES string of the molecule is NC[C@@H](N)C(=O)N1CCCN(C(=O)[C@H](N)CN)CC1. The van der Waals surface area contributed by atoms with Crippen LogP contribution in [0, 0.1) is 0 Å². The smallest absolute Gasteiger partial charge is 0.240 e. The minimum absolute atomic E-state index is 0.121. The van der Waals surface area contributed by atoms with Crippen molar-refractivity contribution in [3.63, 3.8) is 0 Å². The average Bonchev–Trinajstić information content (AvgIpc) is 2.69. The molecule has 2 atom stereocenters. The maximum Gasteiger partial charge on any atom is 0.240 e. The third-order valence-electron chi connectivity index (χ3n) is 3.26. The van der Waals surface area contributed by atoms with E-state index in [1.54, 1.807) is 9.80 Å². The van der Waals surface area contributed by atoms with E-state index in [-0.39, 0.29) is 24.9 Å². The molecule has 1 heterocycles. The Kier molecular flexibility index (Phi) is 6.16. The Hall–Kier alpha value is -1.22. The molecule has 19 heavy (non-hydrogen) atoms. The van der Waals surface area contributed by atoms with Crippen molar-refractivity contribution in [3.05, 3.63) is 0 Å². The Morgan fingerprint density at radius 3 is 1.53 bits per heavy atom. The minimum atomic E-state index is -0.673. The Labute approximate surface area is 113 Å². The third kappa shape index (κ3) is 4.13. The van der Waals surface area contributed by atoms with Crippen LogP contribution in [-0.4, -0.2) is 73.0 Å². The number of hydrogen-bond acceptors (Lipinski definition) is 6. The van der Waals surface area contributed by atoms with Gasteiger partial charge in [0.1, 0.15) is 0 Å². The molecule has 2 amide bonds. The molecule has 0 bridgehead atoms. The molecule has 0 radical (unpaired) electrons. The second-order valence-electron chi connectivity index (χ2n) is 4.69. The highest BCUT2D eigenvalue weighted by Crippen LogP contribution is 2.05. The molecule has 0 saturated carbocycles. The number of rotatable bonds is 4. The standard InChI is InChI=1S/C11H24N6O2/c12-6-8(14)10(18)16-2-1-3-17(5-4-16)11(19)9(15)7-13/h8-9H,1-7,12-15H2/t8-,9-/m1/s1. The third-order valence-corrected chi connectivity index (χ3v) is 3.26. The lowest BCUT2D eigenvalue weighted by Gasteiger charge is -2.25. The highest BCUT2D eigenvalue weighted by molar-refractivity contribution is 5.83. The number of amides is 2. The van der Waals surface area contributed by atoms with Crippen molar-refractivity contribution < 1.29 is 9.59 Å². The average molecular weight is 272 g/mol. The molecular formula is C11H24N6O2. The summed E-state index contributed by atoms with van der Waals surface area (Å²) >= 11 is 0. The van der Waals surface area contributed by atoms with Crippen molar-refractivity contribution in [3.8, 4) is 0 Å². The summed E-state index contributed by atoms with van der Waals surface area (Å²) in [6, 6.07) is -1.35. The van der Waals surface area contributed by atoms with Gasteiger partial charge in [-0.1, -0.05) is 0 Å². The summed E-state index contributed by atoms with van der Waals surface area (Å²) in [5.41, 5.74) is 22.0. The summed E-state index contributed by atoms with van der Waals surface area (Å²) in [7, 11) is 0. The lowest BCUT2D eigenvalue weighted by atomic mass is 10.2. The Bertz CT molecular complexity index is 294. The van der Waals surface area contributed by atoms with E-state index in [0.29, 0.717) is 32.6 Å². The molecule has 1 aliphatic rings. The van der Waals surface area contributed by atoms with E-state index in [1.165, 1.54) is 0 Å². The van der Waals surface area contributed by atoms with Gasteiger partial charge in [0.15, 0.2) is 0 Å². The first kappa shape index (κ1) is 15.8. The molecular weight excluding hydrogens is 248 g/mol. The van der Waals surface area contributed by atoms with Crippen LogP contribution in [0.5, 0.6) is 0 Å². The molecule has 110 valence electrons. The van der Waals surface area contributed by atoms with E-state index < -0.39 is 12.1 Å². The molecule has 0 aromatic heterocycles. The number of nitrogens with zero attached hydrogens (tertiary/aromatic N) is 2. The largest absolute Gasteiger partial charge is 0.339 e. The lowest BCUT2D eigenvalue weighted by Crippen LogP contribution is -2.50. The summed E-state index contributed by atoms with van der Waals surface area (Å²) in [5.74, 6) is -0.333. The van der Waals surface area contributed by atoms with Crippen molar-refractivity contribution >= 4 is 11.8 Å². The Morgan fingerprint density at radius 2 is 1.21 bits per heavy atom. The predicted octanol–water partition coefficient (Wildman–Crippen LogP) is -3.38. The predicted molar refractivity (Wildman–Crippen MR) is 71.8 cm³/mol. The number of hydrogen-bond donors (Lipinski definition) is 4. The second-order valence-corrected chi connectivity index (χ2v) is 4.69. The van der Waals surface area contributed by atoms with E-state index in [0.717, 1.165) is 0 Å². The van der Waals surface area contributed by atoms with Gasteiger partial charge in [0.2, 0.25) is 11.8 Å². The zero-order chi connectivity index (χ0) is 14.4. The van der Waals surface area contributed by atoms with Gasteiger partial charge in [-0.15, -0.1) is 0 Å². The summed E-state index contributed by atoms with van der Waals surface area (Å²) in [6.07, 6.45) is 0.700. The van der Waals surface area contributed by atoms with E-state index >= 15 is 0 Å². The molecule has 0 aliphatic carbocycles. The van der Waals surface area contributed by atoms with Crippen LogP contribution in [0.15, 0.2) is 0 Å². The van der Waals surface area contributed by atoms with Gasteiger partial charge >= 0.3 is 0 Å². The molecule has 1 fully saturated rings. The first-order chi connectivity index (χ1) is 9.01. The second kappa shape index (κ2) is 7.39. The van der Waals surface area contributed by atoms with E-state index in [1.807, 2.05) is 0 Å². The van der Waals surface area contributed by atoms with E-state index in [4.69, 9.17) is 22.9 Å². The van der Waals surface area contributed by atoms with Crippen LogP contribution in [0.3, 0.4) is 0 Å². The summed E-state index contributed by atoms with van der Waals surface area (Å²) in [6.45, 7) is 2.31. The van der Waals surface area contributed by atoms with Gasteiger partial charge in [-0.05, 0) is 6.42 Å². The summed E-state index contributed by atoms with van der Waals surface area (Å²) < 4.78 is 0. The molecule has 0 spiro atoms. The quantitative estimate of drug-likeness (QED) is 0.420. The first-order valence-corrected chi connectivity index (χ1v) is 6.50. The van der Waals surface area contributed by atoms with Crippen molar-refractivity contribution in [2.24, 2.45) is 22.9 Å². The maximum atomic E-state index is 11.9. The normalized spacial score (nSPS) is 19.8. The number of carbonyl (C=O) groups excluding carboxylic acids is 2. The zero-order valence-electron chi connectivity index (χ0n) is 11.1. The van der Waals surface area contributed by atoms with Gasteiger partial charge in [0.05, 0.1) is 12.1 Å². The first-order valence-electron chi connectivity index (χ1n) is 6.50. The van der Waals surface area contributed by atoms with Crippen molar-refractivity contribution in [1.82, 2.24) is 9.80 Å². The van der Waals surface area contributed by atoms with Crippen molar-refractivity contribution in [1.29, 1.82) is 0 Å². The van der Waals surface area contributed by atoms with Gasteiger partial charge in [-0.25, -0.2) is 0 Å². The van der Waals surface area contributed by atoms with Crippen LogP contribution in [0.2, 0.25) is 0 Å².